The zero-order chi connectivity index (χ0) is 14.5. The van der Waals surface area contributed by atoms with Gasteiger partial charge >= 0.3 is 5.97 Å². The van der Waals surface area contributed by atoms with Crippen LogP contribution in [0.1, 0.15) is 40.0 Å². The Labute approximate surface area is 117 Å². The Morgan fingerprint density at radius 2 is 2.11 bits per heavy atom. The van der Waals surface area contributed by atoms with Crippen molar-refractivity contribution in [2.45, 2.75) is 45.6 Å². The quantitative estimate of drug-likeness (QED) is 0.650. The molecular formula is C15H30N2O2. The van der Waals surface area contributed by atoms with Gasteiger partial charge in [0.1, 0.15) is 5.54 Å². The summed E-state index contributed by atoms with van der Waals surface area (Å²) in [5.74, 6) is 1.03. The second-order valence-corrected chi connectivity index (χ2v) is 6.14. The minimum atomic E-state index is -0.512. The molecular weight excluding hydrogens is 240 g/mol. The highest BCUT2D eigenvalue weighted by Gasteiger charge is 2.51. The Balaban J connectivity index is 2.66. The summed E-state index contributed by atoms with van der Waals surface area (Å²) in [6.45, 7) is 8.53. The molecule has 4 heteroatoms. The lowest BCUT2D eigenvalue weighted by Gasteiger charge is -2.35. The zero-order valence-corrected chi connectivity index (χ0v) is 13.2. The molecule has 112 valence electrons. The minimum Gasteiger partial charge on any atom is -0.465 e. The first-order valence-corrected chi connectivity index (χ1v) is 7.51. The van der Waals surface area contributed by atoms with Crippen molar-refractivity contribution in [3.63, 3.8) is 0 Å². The highest BCUT2D eigenvalue weighted by Crippen LogP contribution is 2.40. The third-order valence-corrected chi connectivity index (χ3v) is 3.97. The van der Waals surface area contributed by atoms with Gasteiger partial charge in [-0.15, -0.1) is 0 Å². The lowest BCUT2D eigenvalue weighted by atomic mass is 9.92. The van der Waals surface area contributed by atoms with Gasteiger partial charge in [-0.3, -0.25) is 0 Å². The molecule has 1 aliphatic carbocycles. The maximum atomic E-state index is 12.3. The summed E-state index contributed by atoms with van der Waals surface area (Å²) in [4.78, 5) is 14.6. The average Bonchev–Trinajstić information content (AvgIpc) is 3.18. The van der Waals surface area contributed by atoms with Gasteiger partial charge in [0, 0.05) is 6.54 Å². The van der Waals surface area contributed by atoms with Gasteiger partial charge in [-0.25, -0.2) is 4.79 Å². The number of nitrogens with zero attached hydrogens (tertiary/aromatic N) is 1. The van der Waals surface area contributed by atoms with Crippen molar-refractivity contribution in [1.82, 2.24) is 10.2 Å². The molecule has 0 heterocycles. The van der Waals surface area contributed by atoms with E-state index in [0.29, 0.717) is 18.4 Å². The van der Waals surface area contributed by atoms with E-state index in [0.717, 1.165) is 32.4 Å². The number of rotatable bonds is 9. The standard InChI is InChI=1S/C15H30N2O2/c1-6-19-14(18)15(16-4,13-7-8-13)11-17(5)10-9-12(2)3/h12-13,16H,6-11H2,1-5H3. The molecule has 0 aromatic heterocycles. The molecule has 0 spiro atoms. The molecule has 1 rings (SSSR count). The predicted octanol–water partition coefficient (Wildman–Crippen LogP) is 1.90. The first-order chi connectivity index (χ1) is 8.96. The predicted molar refractivity (Wildman–Crippen MR) is 78.1 cm³/mol. The summed E-state index contributed by atoms with van der Waals surface area (Å²) >= 11 is 0. The molecule has 0 aromatic rings. The number of likely N-dealkylation sites (N-methyl/N-ethyl adjacent to an activating group) is 2. The Hall–Kier alpha value is -0.610. The molecule has 4 nitrogen and oxygen atoms in total. The van der Waals surface area contributed by atoms with Gasteiger partial charge in [-0.1, -0.05) is 13.8 Å². The third-order valence-electron chi connectivity index (χ3n) is 3.97. The van der Waals surface area contributed by atoms with Crippen LogP contribution in [0.4, 0.5) is 0 Å². The molecule has 0 radical (unpaired) electrons. The van der Waals surface area contributed by atoms with Gasteiger partial charge in [-0.05, 0) is 58.7 Å². The van der Waals surface area contributed by atoms with Gasteiger partial charge in [0.05, 0.1) is 6.61 Å². The molecule has 1 atom stereocenters. The fraction of sp³-hybridized carbons (Fsp3) is 0.933. The number of carbonyl (C=O) groups is 1. The average molecular weight is 270 g/mol. The second kappa shape index (κ2) is 7.25. The molecule has 1 fully saturated rings. The summed E-state index contributed by atoms with van der Waals surface area (Å²) in [6.07, 6.45) is 3.40. The largest absolute Gasteiger partial charge is 0.465 e. The van der Waals surface area contributed by atoms with Crippen molar-refractivity contribution in [1.29, 1.82) is 0 Å². The normalized spacial score (nSPS) is 18.7. The molecule has 19 heavy (non-hydrogen) atoms. The SMILES string of the molecule is CCOC(=O)C(CN(C)CCC(C)C)(NC)C1CC1. The van der Waals surface area contributed by atoms with E-state index in [1.165, 1.54) is 0 Å². The number of carbonyl (C=O) groups excluding carboxylic acids is 1. The number of ether oxygens (including phenoxy) is 1. The molecule has 0 aliphatic heterocycles. The molecule has 1 saturated carbocycles. The molecule has 0 saturated heterocycles. The smallest absolute Gasteiger partial charge is 0.327 e. The number of hydrogen-bond donors (Lipinski definition) is 1. The van der Waals surface area contributed by atoms with Crippen molar-refractivity contribution >= 4 is 5.97 Å². The van der Waals surface area contributed by atoms with E-state index in [2.05, 4.69) is 31.1 Å². The Morgan fingerprint density at radius 1 is 1.47 bits per heavy atom. The van der Waals surface area contributed by atoms with Crippen molar-refractivity contribution in [2.75, 3.05) is 33.8 Å². The monoisotopic (exact) mass is 270 g/mol. The Kier molecular flexibility index (Phi) is 6.27. The Morgan fingerprint density at radius 3 is 2.53 bits per heavy atom. The van der Waals surface area contributed by atoms with Crippen molar-refractivity contribution in [3.05, 3.63) is 0 Å². The lowest BCUT2D eigenvalue weighted by molar-refractivity contribution is -0.153. The Bertz CT molecular complexity index is 290. The van der Waals surface area contributed by atoms with E-state index in [9.17, 15) is 4.79 Å². The van der Waals surface area contributed by atoms with E-state index in [-0.39, 0.29) is 5.97 Å². The van der Waals surface area contributed by atoms with Crippen LogP contribution in [-0.4, -0.2) is 50.2 Å². The van der Waals surface area contributed by atoms with E-state index >= 15 is 0 Å². The molecule has 1 unspecified atom stereocenters. The fourth-order valence-electron chi connectivity index (χ4n) is 2.56. The van der Waals surface area contributed by atoms with Gasteiger partial charge in [0.2, 0.25) is 0 Å². The number of nitrogens with one attached hydrogen (secondary N) is 1. The maximum absolute atomic E-state index is 12.3. The van der Waals surface area contributed by atoms with Crippen LogP contribution in [0.3, 0.4) is 0 Å². The third kappa shape index (κ3) is 4.46. The van der Waals surface area contributed by atoms with Crippen LogP contribution in [0.2, 0.25) is 0 Å². The summed E-state index contributed by atoms with van der Waals surface area (Å²) in [7, 11) is 3.97. The molecule has 0 bridgehead atoms. The van der Waals surface area contributed by atoms with Gasteiger partial charge in [-0.2, -0.15) is 0 Å². The van der Waals surface area contributed by atoms with Crippen LogP contribution >= 0.6 is 0 Å². The zero-order valence-electron chi connectivity index (χ0n) is 13.2. The molecule has 1 aliphatic rings. The van der Waals surface area contributed by atoms with E-state index in [1.807, 2.05) is 14.0 Å². The van der Waals surface area contributed by atoms with Gasteiger partial charge in [0.25, 0.3) is 0 Å². The molecule has 1 N–H and O–H groups in total. The molecule has 0 aromatic carbocycles. The van der Waals surface area contributed by atoms with Crippen molar-refractivity contribution in [2.24, 2.45) is 11.8 Å². The topological polar surface area (TPSA) is 41.6 Å². The van der Waals surface area contributed by atoms with Crippen LogP contribution in [0.25, 0.3) is 0 Å². The van der Waals surface area contributed by atoms with Crippen LogP contribution < -0.4 is 5.32 Å². The van der Waals surface area contributed by atoms with Crippen LogP contribution in [-0.2, 0) is 9.53 Å². The van der Waals surface area contributed by atoms with Crippen molar-refractivity contribution in [3.8, 4) is 0 Å². The second-order valence-electron chi connectivity index (χ2n) is 6.14. The summed E-state index contributed by atoms with van der Waals surface area (Å²) in [6, 6.07) is 0. The van der Waals surface area contributed by atoms with Crippen molar-refractivity contribution < 1.29 is 9.53 Å². The van der Waals surface area contributed by atoms with E-state index in [4.69, 9.17) is 4.74 Å². The maximum Gasteiger partial charge on any atom is 0.327 e. The first-order valence-electron chi connectivity index (χ1n) is 7.51. The van der Waals surface area contributed by atoms with E-state index < -0.39 is 5.54 Å². The van der Waals surface area contributed by atoms with Gasteiger partial charge < -0.3 is 15.0 Å². The number of hydrogen-bond acceptors (Lipinski definition) is 4. The molecule has 0 amide bonds. The highest BCUT2D eigenvalue weighted by molar-refractivity contribution is 5.82. The highest BCUT2D eigenvalue weighted by atomic mass is 16.5. The number of esters is 1. The van der Waals surface area contributed by atoms with Crippen LogP contribution in [0, 0.1) is 11.8 Å². The first kappa shape index (κ1) is 16.4. The summed E-state index contributed by atoms with van der Waals surface area (Å²) in [5.41, 5.74) is -0.512. The minimum absolute atomic E-state index is 0.0867. The van der Waals surface area contributed by atoms with Crippen LogP contribution in [0.15, 0.2) is 0 Å². The summed E-state index contributed by atoms with van der Waals surface area (Å²) in [5, 5.41) is 3.26. The summed E-state index contributed by atoms with van der Waals surface area (Å²) < 4.78 is 5.30. The fourth-order valence-corrected chi connectivity index (χ4v) is 2.56. The van der Waals surface area contributed by atoms with Crippen LogP contribution in [0.5, 0.6) is 0 Å². The van der Waals surface area contributed by atoms with Gasteiger partial charge in [0.15, 0.2) is 0 Å². The lowest BCUT2D eigenvalue weighted by Crippen LogP contribution is -2.59. The van der Waals surface area contributed by atoms with E-state index in [1.54, 1.807) is 0 Å².